The molecule has 0 aliphatic heterocycles. The van der Waals surface area contributed by atoms with E-state index in [9.17, 15) is 0 Å². The van der Waals surface area contributed by atoms with Gasteiger partial charge in [-0.05, 0) is 30.0 Å². The van der Waals surface area contributed by atoms with Crippen LogP contribution in [0.4, 0.5) is 0 Å². The zero-order valence-corrected chi connectivity index (χ0v) is 8.90. The van der Waals surface area contributed by atoms with Gasteiger partial charge in [0, 0.05) is 9.92 Å². The fourth-order valence-electron chi connectivity index (χ4n) is 1.09. The minimum atomic E-state index is -0.346. The molecule has 1 rings (SSSR count). The van der Waals surface area contributed by atoms with Crippen LogP contribution in [0.3, 0.4) is 0 Å². The molecule has 1 unspecified atom stereocenters. The molecule has 3 N–H and O–H groups in total. The average molecular weight is 218 g/mol. The number of aliphatic hydroxyl groups is 1. The summed E-state index contributed by atoms with van der Waals surface area (Å²) in [7, 11) is 0. The molecule has 0 radical (unpaired) electrons. The van der Waals surface area contributed by atoms with Crippen LogP contribution in [0.5, 0.6) is 0 Å². The Hall–Kier alpha value is -0.220. The summed E-state index contributed by atoms with van der Waals surface area (Å²) < 4.78 is 0. The molecule has 0 saturated carbocycles. The van der Waals surface area contributed by atoms with E-state index in [2.05, 4.69) is 0 Å². The van der Waals surface area contributed by atoms with E-state index in [-0.39, 0.29) is 12.6 Å². The normalized spacial score (nSPS) is 12.9. The van der Waals surface area contributed by atoms with Crippen molar-refractivity contribution in [1.29, 1.82) is 0 Å². The minimum absolute atomic E-state index is 0.0616. The molecule has 0 bridgehead atoms. The summed E-state index contributed by atoms with van der Waals surface area (Å²) in [6.07, 6.45) is 1.97. The molecule has 0 amide bonds. The second-order valence-corrected chi connectivity index (χ2v) is 3.96. The van der Waals surface area contributed by atoms with Crippen molar-refractivity contribution in [1.82, 2.24) is 0 Å². The first-order valence-electron chi connectivity index (χ1n) is 3.89. The third kappa shape index (κ3) is 2.61. The Labute approximate surface area is 87.1 Å². The molecule has 1 atom stereocenters. The van der Waals surface area contributed by atoms with Gasteiger partial charge < -0.3 is 10.8 Å². The summed E-state index contributed by atoms with van der Waals surface area (Å²) in [5.74, 6) is 0. The molecule has 0 saturated heterocycles. The van der Waals surface area contributed by atoms with Crippen LogP contribution in [0.25, 0.3) is 0 Å². The molecular formula is C9H12ClNOS. The largest absolute Gasteiger partial charge is 0.394 e. The van der Waals surface area contributed by atoms with Crippen LogP contribution in [0.15, 0.2) is 23.1 Å². The van der Waals surface area contributed by atoms with Gasteiger partial charge in [0.05, 0.1) is 12.6 Å². The van der Waals surface area contributed by atoms with Gasteiger partial charge in [0.2, 0.25) is 0 Å². The van der Waals surface area contributed by atoms with Crippen molar-refractivity contribution in [2.24, 2.45) is 5.73 Å². The first kappa shape index (κ1) is 10.9. The van der Waals surface area contributed by atoms with E-state index < -0.39 is 0 Å². The van der Waals surface area contributed by atoms with Crippen molar-refractivity contribution >= 4 is 23.4 Å². The van der Waals surface area contributed by atoms with Gasteiger partial charge in [-0.15, -0.1) is 11.8 Å². The van der Waals surface area contributed by atoms with E-state index in [1.807, 2.05) is 18.4 Å². The van der Waals surface area contributed by atoms with Crippen LogP contribution in [-0.2, 0) is 0 Å². The van der Waals surface area contributed by atoms with Crippen LogP contribution >= 0.6 is 23.4 Å². The Balaban J connectivity index is 3.07. The van der Waals surface area contributed by atoms with Gasteiger partial charge in [-0.1, -0.05) is 11.6 Å². The predicted molar refractivity (Wildman–Crippen MR) is 57.2 cm³/mol. The summed E-state index contributed by atoms with van der Waals surface area (Å²) in [4.78, 5) is 1.06. The molecular weight excluding hydrogens is 206 g/mol. The quantitative estimate of drug-likeness (QED) is 0.762. The molecule has 1 aromatic rings. The number of halogens is 1. The summed E-state index contributed by atoms with van der Waals surface area (Å²) >= 11 is 7.43. The number of hydrogen-bond acceptors (Lipinski definition) is 3. The highest BCUT2D eigenvalue weighted by molar-refractivity contribution is 7.98. The number of rotatable bonds is 3. The highest BCUT2D eigenvalue weighted by Crippen LogP contribution is 2.27. The van der Waals surface area contributed by atoms with E-state index in [0.717, 1.165) is 10.5 Å². The molecule has 0 fully saturated rings. The topological polar surface area (TPSA) is 46.2 Å². The van der Waals surface area contributed by atoms with Crippen LogP contribution in [0.1, 0.15) is 11.6 Å². The first-order chi connectivity index (χ1) is 6.19. The third-order valence-electron chi connectivity index (χ3n) is 1.79. The molecule has 4 heteroatoms. The Morgan fingerprint density at radius 2 is 2.31 bits per heavy atom. The molecule has 0 aliphatic carbocycles. The maximum absolute atomic E-state index is 8.92. The zero-order chi connectivity index (χ0) is 9.84. The number of nitrogens with two attached hydrogens (primary N) is 1. The summed E-state index contributed by atoms with van der Waals surface area (Å²) in [6, 6.07) is 5.19. The van der Waals surface area contributed by atoms with Crippen molar-refractivity contribution in [3.8, 4) is 0 Å². The van der Waals surface area contributed by atoms with Crippen LogP contribution in [-0.4, -0.2) is 18.0 Å². The fraction of sp³-hybridized carbons (Fsp3) is 0.333. The highest BCUT2D eigenvalue weighted by Gasteiger charge is 2.09. The summed E-state index contributed by atoms with van der Waals surface area (Å²) in [5.41, 5.74) is 6.62. The van der Waals surface area contributed by atoms with E-state index >= 15 is 0 Å². The number of aliphatic hydroxyl groups excluding tert-OH is 1. The van der Waals surface area contributed by atoms with Gasteiger partial charge in [-0.25, -0.2) is 0 Å². The van der Waals surface area contributed by atoms with Crippen molar-refractivity contribution < 1.29 is 5.11 Å². The molecule has 0 spiro atoms. The van der Waals surface area contributed by atoms with E-state index in [1.165, 1.54) is 0 Å². The van der Waals surface area contributed by atoms with Crippen molar-refractivity contribution in [2.45, 2.75) is 10.9 Å². The maximum atomic E-state index is 8.92. The molecule has 72 valence electrons. The fourth-order valence-corrected chi connectivity index (χ4v) is 1.92. The first-order valence-corrected chi connectivity index (χ1v) is 5.49. The van der Waals surface area contributed by atoms with Gasteiger partial charge in [-0.3, -0.25) is 0 Å². The van der Waals surface area contributed by atoms with Gasteiger partial charge >= 0.3 is 0 Å². The SMILES string of the molecule is CSc1ccc(Cl)cc1C(N)CO. The predicted octanol–water partition coefficient (Wildman–Crippen LogP) is 2.05. The second kappa shape index (κ2) is 4.86. The lowest BCUT2D eigenvalue weighted by atomic mass is 10.1. The molecule has 1 aromatic carbocycles. The molecule has 2 nitrogen and oxygen atoms in total. The Kier molecular flexibility index (Phi) is 4.06. The van der Waals surface area contributed by atoms with Crippen LogP contribution in [0, 0.1) is 0 Å². The number of hydrogen-bond donors (Lipinski definition) is 2. The lowest BCUT2D eigenvalue weighted by Gasteiger charge is -2.12. The number of thioether (sulfide) groups is 1. The second-order valence-electron chi connectivity index (χ2n) is 2.68. The van der Waals surface area contributed by atoms with Gasteiger partial charge in [-0.2, -0.15) is 0 Å². The average Bonchev–Trinajstić information content (AvgIpc) is 2.16. The van der Waals surface area contributed by atoms with Gasteiger partial charge in [0.1, 0.15) is 0 Å². The standard InChI is InChI=1S/C9H12ClNOS/c1-13-9-3-2-6(10)4-7(9)8(11)5-12/h2-4,8,12H,5,11H2,1H3. The Bertz CT molecular complexity index is 293. The van der Waals surface area contributed by atoms with Crippen LogP contribution in [0.2, 0.25) is 5.02 Å². The van der Waals surface area contributed by atoms with Crippen molar-refractivity contribution in [2.75, 3.05) is 12.9 Å². The van der Waals surface area contributed by atoms with E-state index in [1.54, 1.807) is 17.8 Å². The Morgan fingerprint density at radius 1 is 1.62 bits per heavy atom. The Morgan fingerprint density at radius 3 is 2.85 bits per heavy atom. The third-order valence-corrected chi connectivity index (χ3v) is 2.83. The molecule has 0 aliphatic rings. The van der Waals surface area contributed by atoms with Gasteiger partial charge in [0.25, 0.3) is 0 Å². The summed E-state index contributed by atoms with van der Waals surface area (Å²) in [5, 5.41) is 9.57. The smallest absolute Gasteiger partial charge is 0.0624 e. The summed E-state index contributed by atoms with van der Waals surface area (Å²) in [6.45, 7) is -0.0616. The van der Waals surface area contributed by atoms with Gasteiger partial charge in [0.15, 0.2) is 0 Å². The van der Waals surface area contributed by atoms with Crippen molar-refractivity contribution in [3.63, 3.8) is 0 Å². The number of benzene rings is 1. The maximum Gasteiger partial charge on any atom is 0.0624 e. The monoisotopic (exact) mass is 217 g/mol. The molecule has 13 heavy (non-hydrogen) atoms. The lowest BCUT2D eigenvalue weighted by molar-refractivity contribution is 0.267. The molecule has 0 heterocycles. The molecule has 0 aromatic heterocycles. The van der Waals surface area contributed by atoms with E-state index in [4.69, 9.17) is 22.4 Å². The van der Waals surface area contributed by atoms with Crippen molar-refractivity contribution in [3.05, 3.63) is 28.8 Å². The van der Waals surface area contributed by atoms with E-state index in [0.29, 0.717) is 5.02 Å². The minimum Gasteiger partial charge on any atom is -0.394 e. The lowest BCUT2D eigenvalue weighted by Crippen LogP contribution is -2.15. The van der Waals surface area contributed by atoms with Crippen LogP contribution < -0.4 is 5.73 Å². The zero-order valence-electron chi connectivity index (χ0n) is 7.33. The highest BCUT2D eigenvalue weighted by atomic mass is 35.5.